The minimum absolute atomic E-state index is 0.172. The van der Waals surface area contributed by atoms with E-state index in [0.29, 0.717) is 22.2 Å². The largest absolute Gasteiger partial charge is 0.492 e. The van der Waals surface area contributed by atoms with Gasteiger partial charge < -0.3 is 20.5 Å². The zero-order valence-electron chi connectivity index (χ0n) is 13.5. The first kappa shape index (κ1) is 18.2. The number of halogens is 1. The first-order valence-corrected chi connectivity index (χ1v) is 8.95. The summed E-state index contributed by atoms with van der Waals surface area (Å²) in [6.07, 6.45) is 0.424. The molecular formula is C17H15ClN2O5S. The van der Waals surface area contributed by atoms with Crippen LogP contribution in [0.15, 0.2) is 29.6 Å². The van der Waals surface area contributed by atoms with Crippen molar-refractivity contribution in [3.63, 3.8) is 0 Å². The molecule has 0 fully saturated rings. The van der Waals surface area contributed by atoms with Crippen molar-refractivity contribution in [2.45, 2.75) is 6.42 Å². The molecule has 26 heavy (non-hydrogen) atoms. The van der Waals surface area contributed by atoms with E-state index in [1.54, 1.807) is 23.6 Å². The Morgan fingerprint density at radius 2 is 2.15 bits per heavy atom. The van der Waals surface area contributed by atoms with Crippen molar-refractivity contribution in [1.82, 2.24) is 0 Å². The number of fused-ring (bicyclic) bond motifs is 1. The van der Waals surface area contributed by atoms with Gasteiger partial charge in [-0.15, -0.1) is 11.3 Å². The van der Waals surface area contributed by atoms with Crippen LogP contribution < -0.4 is 15.8 Å². The molecular weight excluding hydrogens is 380 g/mol. The summed E-state index contributed by atoms with van der Waals surface area (Å²) in [7, 11) is 0. The smallest absolute Gasteiger partial charge is 0.313 e. The number of hydrogen-bond donors (Lipinski definition) is 2. The van der Waals surface area contributed by atoms with Crippen LogP contribution in [0.1, 0.15) is 15.9 Å². The van der Waals surface area contributed by atoms with Gasteiger partial charge in [-0.05, 0) is 41.6 Å². The number of thiophene rings is 1. The van der Waals surface area contributed by atoms with Crippen molar-refractivity contribution in [2.24, 2.45) is 11.7 Å². The summed E-state index contributed by atoms with van der Waals surface area (Å²) in [5.74, 6) is -1.56. The highest BCUT2D eigenvalue weighted by Gasteiger charge is 2.28. The molecule has 1 aromatic carbocycles. The van der Waals surface area contributed by atoms with Gasteiger partial charge in [0, 0.05) is 5.02 Å². The Hall–Kier alpha value is -2.58. The third-order valence-electron chi connectivity index (χ3n) is 3.79. The molecule has 0 saturated heterocycles. The van der Waals surface area contributed by atoms with Gasteiger partial charge in [0.15, 0.2) is 6.61 Å². The van der Waals surface area contributed by atoms with E-state index in [4.69, 9.17) is 26.8 Å². The maximum Gasteiger partial charge on any atom is 0.313 e. The average Bonchev–Trinajstić information content (AvgIpc) is 3.07. The number of benzene rings is 1. The van der Waals surface area contributed by atoms with Crippen LogP contribution in [0.5, 0.6) is 5.75 Å². The summed E-state index contributed by atoms with van der Waals surface area (Å²) in [5.41, 5.74) is 6.24. The lowest BCUT2D eigenvalue weighted by Crippen LogP contribution is -2.32. The molecule has 0 bridgehead atoms. The van der Waals surface area contributed by atoms with Crippen molar-refractivity contribution in [2.75, 3.05) is 18.5 Å². The second-order valence-corrected chi connectivity index (χ2v) is 7.00. The molecule has 1 atom stereocenters. The lowest BCUT2D eigenvalue weighted by Gasteiger charge is -2.24. The minimum Gasteiger partial charge on any atom is -0.492 e. The third kappa shape index (κ3) is 4.14. The second kappa shape index (κ2) is 7.76. The summed E-state index contributed by atoms with van der Waals surface area (Å²) < 4.78 is 10.6. The molecule has 3 N–H and O–H groups in total. The second-order valence-electron chi connectivity index (χ2n) is 5.65. The minimum atomic E-state index is -0.643. The maximum absolute atomic E-state index is 12.2. The highest BCUT2D eigenvalue weighted by atomic mass is 35.5. The summed E-state index contributed by atoms with van der Waals surface area (Å²) >= 11 is 7.11. The van der Waals surface area contributed by atoms with Gasteiger partial charge in [0.1, 0.15) is 17.4 Å². The van der Waals surface area contributed by atoms with E-state index in [0.717, 1.165) is 16.9 Å². The predicted molar refractivity (Wildman–Crippen MR) is 96.6 cm³/mol. The van der Waals surface area contributed by atoms with Crippen molar-refractivity contribution in [1.29, 1.82) is 0 Å². The topological polar surface area (TPSA) is 108 Å². The Kier molecular flexibility index (Phi) is 5.43. The fraction of sp³-hybridized carbons (Fsp3) is 0.235. The molecule has 0 spiro atoms. The van der Waals surface area contributed by atoms with Gasteiger partial charge in [0.05, 0.1) is 11.5 Å². The third-order valence-corrected chi connectivity index (χ3v) is 4.86. The zero-order valence-corrected chi connectivity index (χ0v) is 15.1. The quantitative estimate of drug-likeness (QED) is 0.756. The van der Waals surface area contributed by atoms with Crippen molar-refractivity contribution < 1.29 is 23.9 Å². The lowest BCUT2D eigenvalue weighted by molar-refractivity contribution is -0.152. The summed E-state index contributed by atoms with van der Waals surface area (Å²) in [6, 6.07) is 6.72. The van der Waals surface area contributed by atoms with Crippen molar-refractivity contribution >= 4 is 45.7 Å². The van der Waals surface area contributed by atoms with E-state index >= 15 is 0 Å². The molecule has 1 aromatic heterocycles. The molecule has 7 nitrogen and oxygen atoms in total. The molecule has 0 radical (unpaired) electrons. The Balaban J connectivity index is 1.53. The van der Waals surface area contributed by atoms with E-state index in [1.165, 1.54) is 6.07 Å². The van der Waals surface area contributed by atoms with Crippen LogP contribution in [-0.2, 0) is 20.7 Å². The standard InChI is InChI=1S/C17H15ClN2O5S/c18-11-1-2-13-9(6-11)5-10(7-24-13)17(23)25-8-14(21)20-16-12(15(19)22)3-4-26-16/h1-4,6,10H,5,7-8H2,(H2,19,22)(H,20,21)/t10-/m1/s1. The number of rotatable bonds is 5. The van der Waals surface area contributed by atoms with Crippen LogP contribution in [0.3, 0.4) is 0 Å². The summed E-state index contributed by atoms with van der Waals surface area (Å²) in [4.78, 5) is 35.4. The van der Waals surface area contributed by atoms with Crippen molar-refractivity contribution in [3.8, 4) is 5.75 Å². The van der Waals surface area contributed by atoms with Gasteiger partial charge in [-0.1, -0.05) is 11.6 Å². The van der Waals surface area contributed by atoms with Gasteiger partial charge in [0.25, 0.3) is 11.8 Å². The van der Waals surface area contributed by atoms with E-state index in [1.807, 2.05) is 0 Å². The Labute approximate surface area is 158 Å². The number of nitrogens with one attached hydrogen (secondary N) is 1. The monoisotopic (exact) mass is 394 g/mol. The van der Waals surface area contributed by atoms with E-state index in [-0.39, 0.29) is 12.2 Å². The molecule has 1 aliphatic heterocycles. The molecule has 1 aliphatic rings. The highest BCUT2D eigenvalue weighted by Crippen LogP contribution is 2.30. The first-order valence-electron chi connectivity index (χ1n) is 7.69. The van der Waals surface area contributed by atoms with E-state index in [2.05, 4.69) is 5.32 Å². The average molecular weight is 395 g/mol. The van der Waals surface area contributed by atoms with Gasteiger partial charge in [-0.25, -0.2) is 0 Å². The number of primary amides is 1. The van der Waals surface area contributed by atoms with E-state index < -0.39 is 30.3 Å². The Bertz CT molecular complexity index is 867. The van der Waals surface area contributed by atoms with Crippen LogP contribution in [0.25, 0.3) is 0 Å². The fourth-order valence-electron chi connectivity index (χ4n) is 2.53. The number of nitrogens with two attached hydrogens (primary N) is 1. The molecule has 0 aliphatic carbocycles. The van der Waals surface area contributed by atoms with Gasteiger partial charge in [-0.2, -0.15) is 0 Å². The molecule has 0 saturated carbocycles. The van der Waals surface area contributed by atoms with Crippen LogP contribution in [0, 0.1) is 5.92 Å². The molecule has 0 unspecified atom stereocenters. The lowest BCUT2D eigenvalue weighted by atomic mass is 9.97. The Morgan fingerprint density at radius 3 is 2.92 bits per heavy atom. The van der Waals surface area contributed by atoms with Gasteiger partial charge >= 0.3 is 5.97 Å². The number of anilines is 1. The number of carbonyl (C=O) groups is 3. The molecule has 9 heteroatoms. The maximum atomic E-state index is 12.2. The number of ether oxygens (including phenoxy) is 2. The summed E-state index contributed by atoms with van der Waals surface area (Å²) in [6.45, 7) is -0.292. The van der Waals surface area contributed by atoms with Crippen molar-refractivity contribution in [3.05, 3.63) is 45.8 Å². The normalized spacial score (nSPS) is 15.5. The first-order chi connectivity index (χ1) is 12.4. The zero-order chi connectivity index (χ0) is 18.7. The van der Waals surface area contributed by atoms with Gasteiger partial charge in [0.2, 0.25) is 0 Å². The molecule has 136 valence electrons. The van der Waals surface area contributed by atoms with Gasteiger partial charge in [-0.3, -0.25) is 14.4 Å². The highest BCUT2D eigenvalue weighted by molar-refractivity contribution is 7.14. The summed E-state index contributed by atoms with van der Waals surface area (Å²) in [5, 5.41) is 5.01. The molecule has 2 amide bonds. The Morgan fingerprint density at radius 1 is 1.35 bits per heavy atom. The SMILES string of the molecule is NC(=O)c1ccsc1NC(=O)COC(=O)[C@H]1COc2ccc(Cl)cc2C1. The number of amides is 2. The number of carbonyl (C=O) groups excluding carboxylic acids is 3. The number of esters is 1. The van der Waals surface area contributed by atoms with Crippen LogP contribution in [-0.4, -0.2) is 31.0 Å². The van der Waals surface area contributed by atoms with E-state index in [9.17, 15) is 14.4 Å². The number of hydrogen-bond acceptors (Lipinski definition) is 6. The fourth-order valence-corrected chi connectivity index (χ4v) is 3.54. The molecule has 2 aromatic rings. The van der Waals surface area contributed by atoms with Crippen LogP contribution in [0.2, 0.25) is 5.02 Å². The van der Waals surface area contributed by atoms with Crippen LogP contribution >= 0.6 is 22.9 Å². The molecule has 2 heterocycles. The van der Waals surface area contributed by atoms with Crippen LogP contribution in [0.4, 0.5) is 5.00 Å². The predicted octanol–water partition coefficient (Wildman–Crippen LogP) is 2.23. The molecule has 3 rings (SSSR count).